The maximum absolute atomic E-state index is 13.7. The summed E-state index contributed by atoms with van der Waals surface area (Å²) >= 11 is 0. The second-order valence-corrected chi connectivity index (χ2v) is 10.2. The number of nitrogens with one attached hydrogen (secondary N) is 2. The summed E-state index contributed by atoms with van der Waals surface area (Å²) in [5, 5.41) is 3.96. The molecule has 1 rings (SSSR count). The number of urea groups is 1. The van der Waals surface area contributed by atoms with Crippen molar-refractivity contribution in [2.45, 2.75) is 72.3 Å². The van der Waals surface area contributed by atoms with Gasteiger partial charge in [-0.15, -0.1) is 0 Å². The molecule has 0 saturated heterocycles. The predicted octanol–water partition coefficient (Wildman–Crippen LogP) is 5.11. The van der Waals surface area contributed by atoms with Gasteiger partial charge in [0.05, 0.1) is 0 Å². The Hall–Kier alpha value is -1.76. The van der Waals surface area contributed by atoms with Crippen LogP contribution in [0.5, 0.6) is 0 Å². The van der Waals surface area contributed by atoms with Crippen LogP contribution in [0, 0.1) is 29.1 Å². The number of halogens is 5. The molecule has 0 aliphatic carbocycles. The normalized spacial score (nSPS) is 12.2. The van der Waals surface area contributed by atoms with E-state index in [4.69, 9.17) is 13.3 Å². The Balaban J connectivity index is 2.78. The van der Waals surface area contributed by atoms with E-state index < -0.39 is 49.6 Å². The molecule has 0 saturated carbocycles. The first-order valence-electron chi connectivity index (χ1n) is 9.89. The SMILES string of the molecule is CC(C)O[Si](CCCNC(=O)Nc1c(F)c(F)c(F)c(F)c1F)(OC(C)C)OC(C)C. The van der Waals surface area contributed by atoms with Gasteiger partial charge in [0.2, 0.25) is 5.82 Å². The first-order valence-corrected chi connectivity index (χ1v) is 11.8. The molecule has 0 aliphatic heterocycles. The second kappa shape index (κ2) is 11.7. The van der Waals surface area contributed by atoms with E-state index in [0.29, 0.717) is 12.5 Å². The third kappa shape index (κ3) is 8.02. The van der Waals surface area contributed by atoms with Gasteiger partial charge < -0.3 is 23.9 Å². The summed E-state index contributed by atoms with van der Waals surface area (Å²) < 4.78 is 84.8. The number of benzene rings is 1. The highest BCUT2D eigenvalue weighted by Crippen LogP contribution is 2.27. The van der Waals surface area contributed by atoms with Gasteiger partial charge >= 0.3 is 14.8 Å². The Bertz CT molecular complexity index is 710. The predicted molar refractivity (Wildman–Crippen MR) is 107 cm³/mol. The van der Waals surface area contributed by atoms with Crippen molar-refractivity contribution in [3.63, 3.8) is 0 Å². The third-order valence-electron chi connectivity index (χ3n) is 3.64. The maximum Gasteiger partial charge on any atom is 0.501 e. The second-order valence-electron chi connectivity index (χ2n) is 7.61. The molecular weight excluding hydrogens is 443 g/mol. The molecule has 0 atom stereocenters. The molecule has 0 heterocycles. The molecule has 12 heteroatoms. The quantitative estimate of drug-likeness (QED) is 0.154. The fraction of sp³-hybridized carbons (Fsp3) is 0.632. The van der Waals surface area contributed by atoms with Gasteiger partial charge in [-0.2, -0.15) is 0 Å². The number of carbonyl (C=O) groups is 1. The largest absolute Gasteiger partial charge is 0.501 e. The molecule has 0 bridgehead atoms. The minimum Gasteiger partial charge on any atom is -0.371 e. The lowest BCUT2D eigenvalue weighted by atomic mass is 10.2. The molecule has 178 valence electrons. The minimum atomic E-state index is -3.10. The zero-order valence-corrected chi connectivity index (χ0v) is 19.4. The zero-order valence-electron chi connectivity index (χ0n) is 18.4. The Morgan fingerprint density at radius 2 is 1.16 bits per heavy atom. The Morgan fingerprint density at radius 3 is 1.55 bits per heavy atom. The van der Waals surface area contributed by atoms with Crippen molar-refractivity contribution in [3.8, 4) is 0 Å². The molecule has 1 aromatic carbocycles. The highest BCUT2D eigenvalue weighted by molar-refractivity contribution is 6.60. The Kier molecular flexibility index (Phi) is 10.3. The van der Waals surface area contributed by atoms with Gasteiger partial charge in [-0.3, -0.25) is 0 Å². The molecule has 0 spiro atoms. The van der Waals surface area contributed by atoms with Gasteiger partial charge in [-0.1, -0.05) is 0 Å². The molecule has 0 radical (unpaired) electrons. The van der Waals surface area contributed by atoms with E-state index >= 15 is 0 Å². The van der Waals surface area contributed by atoms with Crippen LogP contribution in [0.25, 0.3) is 0 Å². The molecular formula is C19H29F5N2O4Si. The van der Waals surface area contributed by atoms with E-state index in [1.54, 1.807) is 5.32 Å². The number of amides is 2. The van der Waals surface area contributed by atoms with Crippen LogP contribution in [0.3, 0.4) is 0 Å². The van der Waals surface area contributed by atoms with Crippen molar-refractivity contribution in [1.82, 2.24) is 5.32 Å². The summed E-state index contributed by atoms with van der Waals surface area (Å²) in [6.07, 6.45) is -0.193. The number of hydrogen-bond donors (Lipinski definition) is 2. The van der Waals surface area contributed by atoms with Gasteiger partial charge in [0.15, 0.2) is 23.3 Å². The molecule has 31 heavy (non-hydrogen) atoms. The standard InChI is InChI=1S/C19H29F5N2O4Si/c1-10(2)28-31(29-11(3)4,30-12(5)6)9-7-8-25-19(27)26-18-16(23)14(21)13(20)15(22)17(18)24/h10-12H,7-9H2,1-6H3,(H2,25,26,27). The number of rotatable bonds is 11. The summed E-state index contributed by atoms with van der Waals surface area (Å²) in [6.45, 7) is 11.0. The van der Waals surface area contributed by atoms with Crippen LogP contribution in [0.2, 0.25) is 6.04 Å². The summed E-state index contributed by atoms with van der Waals surface area (Å²) in [5.74, 6) is -10.8. The van der Waals surface area contributed by atoms with Crippen LogP contribution < -0.4 is 10.6 Å². The molecule has 1 aromatic rings. The first kappa shape index (κ1) is 27.3. The van der Waals surface area contributed by atoms with Gasteiger partial charge in [0.25, 0.3) is 0 Å². The fourth-order valence-corrected chi connectivity index (χ4v) is 6.00. The van der Waals surface area contributed by atoms with E-state index in [1.807, 2.05) is 41.5 Å². The monoisotopic (exact) mass is 472 g/mol. The van der Waals surface area contributed by atoms with Crippen molar-refractivity contribution in [1.29, 1.82) is 0 Å². The minimum absolute atomic E-state index is 0.0142. The molecule has 6 nitrogen and oxygen atoms in total. The lowest BCUT2D eigenvalue weighted by molar-refractivity contribution is 0.00292. The Morgan fingerprint density at radius 1 is 0.774 bits per heavy atom. The van der Waals surface area contributed by atoms with Gasteiger partial charge in [-0.25, -0.2) is 26.7 Å². The van der Waals surface area contributed by atoms with E-state index in [-0.39, 0.29) is 24.9 Å². The number of carbonyl (C=O) groups excluding carboxylic acids is 1. The van der Waals surface area contributed by atoms with Crippen LogP contribution in [0.15, 0.2) is 0 Å². The van der Waals surface area contributed by atoms with Crippen molar-refractivity contribution < 1.29 is 40.0 Å². The fourth-order valence-electron chi connectivity index (χ4n) is 2.72. The molecule has 0 unspecified atom stereocenters. The average Bonchev–Trinajstić information content (AvgIpc) is 2.63. The summed E-state index contributed by atoms with van der Waals surface area (Å²) in [6, 6.07) is -0.792. The zero-order chi connectivity index (χ0) is 23.9. The van der Waals surface area contributed by atoms with Crippen LogP contribution in [-0.4, -0.2) is 39.7 Å². The van der Waals surface area contributed by atoms with Crippen molar-refractivity contribution >= 4 is 20.5 Å². The average molecular weight is 473 g/mol. The van der Waals surface area contributed by atoms with E-state index in [2.05, 4.69) is 5.32 Å². The summed E-state index contributed by atoms with van der Waals surface area (Å²) in [4.78, 5) is 11.9. The van der Waals surface area contributed by atoms with E-state index in [0.717, 1.165) is 0 Å². The molecule has 2 N–H and O–H groups in total. The van der Waals surface area contributed by atoms with Crippen molar-refractivity contribution in [3.05, 3.63) is 29.1 Å². The van der Waals surface area contributed by atoms with Crippen LogP contribution in [0.1, 0.15) is 48.0 Å². The van der Waals surface area contributed by atoms with E-state index in [9.17, 15) is 26.7 Å². The number of hydrogen-bond acceptors (Lipinski definition) is 4. The summed E-state index contributed by atoms with van der Waals surface area (Å²) in [7, 11) is -3.10. The smallest absolute Gasteiger partial charge is 0.371 e. The third-order valence-corrected chi connectivity index (χ3v) is 7.10. The molecule has 0 fully saturated rings. The highest BCUT2D eigenvalue weighted by Gasteiger charge is 2.43. The topological polar surface area (TPSA) is 68.8 Å². The maximum atomic E-state index is 13.7. The lowest BCUT2D eigenvalue weighted by Crippen LogP contribution is -2.51. The molecule has 0 aliphatic rings. The van der Waals surface area contributed by atoms with E-state index in [1.165, 1.54) is 0 Å². The van der Waals surface area contributed by atoms with Gasteiger partial charge in [0.1, 0.15) is 5.69 Å². The first-order chi connectivity index (χ1) is 14.3. The van der Waals surface area contributed by atoms with Crippen molar-refractivity contribution in [2.75, 3.05) is 11.9 Å². The van der Waals surface area contributed by atoms with Crippen LogP contribution >= 0.6 is 0 Å². The van der Waals surface area contributed by atoms with Crippen LogP contribution in [0.4, 0.5) is 32.4 Å². The molecule has 0 aromatic heterocycles. The van der Waals surface area contributed by atoms with Gasteiger partial charge in [0, 0.05) is 30.9 Å². The molecule has 2 amide bonds. The highest BCUT2D eigenvalue weighted by atomic mass is 28.4. The summed E-state index contributed by atoms with van der Waals surface area (Å²) in [5.41, 5.74) is -1.42. The van der Waals surface area contributed by atoms with Gasteiger partial charge in [-0.05, 0) is 48.0 Å². The lowest BCUT2D eigenvalue weighted by Gasteiger charge is -2.34. The van der Waals surface area contributed by atoms with Crippen LogP contribution in [-0.2, 0) is 13.3 Å². The Labute approximate surface area is 179 Å². The number of anilines is 1. The van der Waals surface area contributed by atoms with Crippen molar-refractivity contribution in [2.24, 2.45) is 0 Å².